The normalized spacial score (nSPS) is 7.50. The van der Waals surface area contributed by atoms with Crippen molar-refractivity contribution in [3.8, 4) is 0 Å². The average molecular weight is 168 g/mol. The van der Waals surface area contributed by atoms with E-state index in [-0.39, 0.29) is 93.0 Å². The second kappa shape index (κ2) is 10.1. The van der Waals surface area contributed by atoms with E-state index in [0.717, 1.165) is 0 Å². The predicted octanol–water partition coefficient (Wildman–Crippen LogP) is -11.3. The third-order valence-corrected chi connectivity index (χ3v) is 0. The Bertz CT molecular complexity index is 36.1. The average Bonchev–Trinajstić information content (AvgIpc) is 0.722. The van der Waals surface area contributed by atoms with Crippen LogP contribution in [0.1, 0.15) is 4.28 Å². The van der Waals surface area contributed by atoms with Crippen LogP contribution in [-0.2, 0) is 0 Å². The summed E-state index contributed by atoms with van der Waals surface area (Å²) < 4.78 is 0. The zero-order valence-electron chi connectivity index (χ0n) is 8.29. The molecule has 38 valence electrons. The molecule has 0 saturated carbocycles. The quantitative estimate of drug-likeness (QED) is 0.271. The van der Waals surface area contributed by atoms with Crippen molar-refractivity contribution >= 4 is 9.05 Å². The standard InChI is InChI=1S/3Na.H4O4Si.3H/c;;;1-5(2,3)4;;;/h;;;1-4H;;;/q3*+1;;3*-1. The van der Waals surface area contributed by atoms with E-state index in [1.54, 1.807) is 0 Å². The molecule has 0 aromatic carbocycles. The molecule has 0 spiro atoms. The van der Waals surface area contributed by atoms with E-state index in [9.17, 15) is 0 Å². The van der Waals surface area contributed by atoms with Crippen LogP contribution in [0.3, 0.4) is 0 Å². The van der Waals surface area contributed by atoms with Crippen molar-refractivity contribution in [2.75, 3.05) is 0 Å². The van der Waals surface area contributed by atoms with Gasteiger partial charge in [-0.25, -0.2) is 0 Å². The molecular weight excluding hydrogens is 161 g/mol. The van der Waals surface area contributed by atoms with Crippen molar-refractivity contribution in [1.82, 2.24) is 0 Å². The van der Waals surface area contributed by atoms with Crippen molar-refractivity contribution in [2.45, 2.75) is 0 Å². The fourth-order valence-corrected chi connectivity index (χ4v) is 0. The fourth-order valence-electron chi connectivity index (χ4n) is 0. The molecule has 0 aliphatic carbocycles. The molecule has 0 aliphatic rings. The van der Waals surface area contributed by atoms with Crippen LogP contribution >= 0.6 is 0 Å². The Morgan fingerprint density at radius 2 is 0.750 bits per heavy atom. The maximum Gasteiger partial charge on any atom is 1.00 e. The Hall–Kier alpha value is 3.06. The van der Waals surface area contributed by atoms with Gasteiger partial charge in [-0.2, -0.15) is 0 Å². The molecule has 0 bridgehead atoms. The first-order chi connectivity index (χ1) is 2.00. The minimum absolute atomic E-state index is 0. The topological polar surface area (TPSA) is 80.9 Å². The Morgan fingerprint density at radius 1 is 0.750 bits per heavy atom. The van der Waals surface area contributed by atoms with Gasteiger partial charge in [0.1, 0.15) is 0 Å². The first-order valence-corrected chi connectivity index (χ1v) is 2.68. The van der Waals surface area contributed by atoms with E-state index in [1.807, 2.05) is 0 Å². The summed E-state index contributed by atoms with van der Waals surface area (Å²) in [6.07, 6.45) is 0. The second-order valence-corrected chi connectivity index (χ2v) is 1.80. The molecule has 0 unspecified atom stereocenters. The molecular formula is H7Na3O4Si. The summed E-state index contributed by atoms with van der Waals surface area (Å²) in [6.45, 7) is 0. The van der Waals surface area contributed by atoms with Gasteiger partial charge in [0.05, 0.1) is 0 Å². The monoisotopic (exact) mass is 168 g/mol. The van der Waals surface area contributed by atoms with E-state index >= 15 is 0 Å². The van der Waals surface area contributed by atoms with Gasteiger partial charge in [-0.05, 0) is 0 Å². The second-order valence-electron chi connectivity index (χ2n) is 0.600. The molecule has 0 atom stereocenters. The van der Waals surface area contributed by atoms with Crippen LogP contribution < -0.4 is 88.7 Å². The zero-order chi connectivity index (χ0) is 4.50. The van der Waals surface area contributed by atoms with Crippen molar-refractivity contribution in [2.24, 2.45) is 0 Å². The summed E-state index contributed by atoms with van der Waals surface area (Å²) in [7, 11) is -4.61. The van der Waals surface area contributed by atoms with Crippen LogP contribution in [0.15, 0.2) is 0 Å². The van der Waals surface area contributed by atoms with Crippen molar-refractivity contribution in [3.63, 3.8) is 0 Å². The van der Waals surface area contributed by atoms with Gasteiger partial charge in [0.25, 0.3) is 0 Å². The van der Waals surface area contributed by atoms with Crippen molar-refractivity contribution < 1.29 is 112 Å². The van der Waals surface area contributed by atoms with Gasteiger partial charge < -0.3 is 23.5 Å². The van der Waals surface area contributed by atoms with E-state index in [4.69, 9.17) is 19.2 Å². The third kappa shape index (κ3) is 62.9. The molecule has 0 rings (SSSR count). The van der Waals surface area contributed by atoms with Gasteiger partial charge in [-0.1, -0.05) is 0 Å². The largest absolute Gasteiger partial charge is 1.00 e. The fraction of sp³-hybridized carbons (Fsp3) is 0. The molecule has 0 heterocycles. The summed E-state index contributed by atoms with van der Waals surface area (Å²) in [5.74, 6) is 0. The van der Waals surface area contributed by atoms with Gasteiger partial charge in [-0.3, -0.25) is 0 Å². The summed E-state index contributed by atoms with van der Waals surface area (Å²) >= 11 is 0. The minimum Gasteiger partial charge on any atom is -1.00 e. The zero-order valence-corrected chi connectivity index (χ0v) is 12.3. The SMILES string of the molecule is O[Si](O)(O)O.[H-].[H-].[H-].[Na+].[Na+].[Na+]. The van der Waals surface area contributed by atoms with Gasteiger partial charge in [0.2, 0.25) is 0 Å². The molecule has 0 aromatic rings. The van der Waals surface area contributed by atoms with E-state index in [0.29, 0.717) is 0 Å². The van der Waals surface area contributed by atoms with Crippen LogP contribution in [0.2, 0.25) is 0 Å². The van der Waals surface area contributed by atoms with E-state index in [1.165, 1.54) is 0 Å². The van der Waals surface area contributed by atoms with Gasteiger partial charge in [-0.15, -0.1) is 0 Å². The predicted molar refractivity (Wildman–Crippen MR) is 18.0 cm³/mol. The Kier molecular flexibility index (Phi) is 28.2. The summed E-state index contributed by atoms with van der Waals surface area (Å²) in [4.78, 5) is 29.3. The van der Waals surface area contributed by atoms with Crippen LogP contribution in [-0.4, -0.2) is 28.2 Å². The van der Waals surface area contributed by atoms with Gasteiger partial charge >= 0.3 is 97.7 Å². The van der Waals surface area contributed by atoms with E-state index in [2.05, 4.69) is 0 Å². The minimum atomic E-state index is -4.61. The molecule has 0 radical (unpaired) electrons. The van der Waals surface area contributed by atoms with Crippen LogP contribution in [0.25, 0.3) is 0 Å². The Morgan fingerprint density at radius 3 is 0.750 bits per heavy atom. The first-order valence-electron chi connectivity index (χ1n) is 0.894. The first kappa shape index (κ1) is 22.5. The molecule has 8 heteroatoms. The number of hydrogen-bond acceptors (Lipinski definition) is 4. The van der Waals surface area contributed by atoms with Crippen LogP contribution in [0.5, 0.6) is 0 Å². The molecule has 0 saturated heterocycles. The number of rotatable bonds is 0. The molecule has 0 aliphatic heterocycles. The smallest absolute Gasteiger partial charge is 1.00 e. The van der Waals surface area contributed by atoms with Gasteiger partial charge in [0.15, 0.2) is 0 Å². The maximum absolute atomic E-state index is 7.33. The molecule has 4 nitrogen and oxygen atoms in total. The van der Waals surface area contributed by atoms with Crippen molar-refractivity contribution in [3.05, 3.63) is 0 Å². The summed E-state index contributed by atoms with van der Waals surface area (Å²) in [5, 5.41) is 0. The Labute approximate surface area is 119 Å². The molecule has 4 N–H and O–H groups in total. The van der Waals surface area contributed by atoms with E-state index < -0.39 is 9.05 Å². The molecule has 0 fully saturated rings. The number of hydrogen-bond donors (Lipinski definition) is 4. The summed E-state index contributed by atoms with van der Waals surface area (Å²) in [6, 6.07) is 0. The van der Waals surface area contributed by atoms with Crippen LogP contribution in [0, 0.1) is 0 Å². The summed E-state index contributed by atoms with van der Waals surface area (Å²) in [5.41, 5.74) is 0. The van der Waals surface area contributed by atoms with Crippen LogP contribution in [0.4, 0.5) is 0 Å². The molecule has 8 heavy (non-hydrogen) atoms. The Balaban J connectivity index is -0.00000000533. The van der Waals surface area contributed by atoms with Gasteiger partial charge in [0, 0.05) is 0 Å². The molecule has 0 amide bonds. The molecule has 0 aromatic heterocycles. The maximum atomic E-state index is 7.33. The third-order valence-electron chi connectivity index (χ3n) is 0. The van der Waals surface area contributed by atoms with Crippen molar-refractivity contribution in [1.29, 1.82) is 0 Å².